The molecule has 2 rings (SSSR count). The Balaban J connectivity index is 2.27. The molecule has 0 radical (unpaired) electrons. The van der Waals surface area contributed by atoms with Crippen LogP contribution < -0.4 is 21.3 Å². The number of hydrogen-bond acceptors (Lipinski definition) is 6. The Labute approximate surface area is 116 Å². The molecule has 0 aliphatic carbocycles. The van der Waals surface area contributed by atoms with Crippen molar-refractivity contribution in [1.82, 2.24) is 9.97 Å². The van der Waals surface area contributed by atoms with E-state index in [1.807, 2.05) is 6.92 Å². The van der Waals surface area contributed by atoms with Crippen molar-refractivity contribution in [1.29, 1.82) is 0 Å². The van der Waals surface area contributed by atoms with Crippen LogP contribution in [0.1, 0.15) is 12.7 Å². The fourth-order valence-corrected chi connectivity index (χ4v) is 1.69. The molecule has 6 nitrogen and oxygen atoms in total. The molecule has 1 aromatic carbocycles. The zero-order valence-electron chi connectivity index (χ0n) is 11.3. The predicted molar refractivity (Wildman–Crippen MR) is 75.5 cm³/mol. The van der Waals surface area contributed by atoms with Crippen molar-refractivity contribution in [3.63, 3.8) is 0 Å². The molecule has 0 atom stereocenters. The van der Waals surface area contributed by atoms with Crippen molar-refractivity contribution in [2.75, 3.05) is 17.9 Å². The van der Waals surface area contributed by atoms with E-state index in [-0.39, 0.29) is 5.75 Å². The van der Waals surface area contributed by atoms with E-state index in [4.69, 9.17) is 10.6 Å². The highest BCUT2D eigenvalue weighted by atomic mass is 19.1. The van der Waals surface area contributed by atoms with Gasteiger partial charge in [0.05, 0.1) is 7.11 Å². The number of halogens is 1. The van der Waals surface area contributed by atoms with Crippen LogP contribution in [0.4, 0.5) is 21.7 Å². The second-order valence-electron chi connectivity index (χ2n) is 4.03. The van der Waals surface area contributed by atoms with Crippen molar-refractivity contribution >= 4 is 17.3 Å². The molecule has 0 saturated carbocycles. The molecule has 2 aromatic rings. The van der Waals surface area contributed by atoms with E-state index >= 15 is 0 Å². The maximum absolute atomic E-state index is 13.6. The lowest BCUT2D eigenvalue weighted by atomic mass is 10.3. The summed E-state index contributed by atoms with van der Waals surface area (Å²) >= 11 is 0. The molecule has 0 fully saturated rings. The first-order chi connectivity index (χ1) is 9.66. The molecule has 1 heterocycles. The molecule has 0 aliphatic heterocycles. The highest BCUT2D eigenvalue weighted by Crippen LogP contribution is 2.23. The first-order valence-electron chi connectivity index (χ1n) is 6.11. The Morgan fingerprint density at radius 1 is 1.25 bits per heavy atom. The van der Waals surface area contributed by atoms with Crippen molar-refractivity contribution in [2.24, 2.45) is 5.84 Å². The number of anilines is 3. The second kappa shape index (κ2) is 6.16. The minimum absolute atomic E-state index is 0.191. The lowest BCUT2D eigenvalue weighted by Crippen LogP contribution is -2.11. The van der Waals surface area contributed by atoms with Crippen molar-refractivity contribution in [3.8, 4) is 5.75 Å². The third kappa shape index (κ3) is 3.12. The van der Waals surface area contributed by atoms with Crippen LogP contribution in [0.25, 0.3) is 0 Å². The van der Waals surface area contributed by atoms with Crippen molar-refractivity contribution < 1.29 is 9.13 Å². The highest BCUT2D eigenvalue weighted by molar-refractivity contribution is 5.60. The molecule has 0 unspecified atom stereocenters. The van der Waals surface area contributed by atoms with Crippen LogP contribution in [0.5, 0.6) is 5.75 Å². The minimum atomic E-state index is -0.445. The summed E-state index contributed by atoms with van der Waals surface area (Å²) in [6.07, 6.45) is 0.668. The van der Waals surface area contributed by atoms with Gasteiger partial charge in [-0.2, -0.15) is 0 Å². The van der Waals surface area contributed by atoms with Gasteiger partial charge in [-0.1, -0.05) is 6.92 Å². The summed E-state index contributed by atoms with van der Waals surface area (Å²) in [4.78, 5) is 8.47. The van der Waals surface area contributed by atoms with Gasteiger partial charge in [-0.3, -0.25) is 0 Å². The summed E-state index contributed by atoms with van der Waals surface area (Å²) in [6.45, 7) is 1.94. The number of aryl methyl sites for hydroxylation is 1. The van der Waals surface area contributed by atoms with Gasteiger partial charge in [-0.05, 0) is 12.1 Å². The lowest BCUT2D eigenvalue weighted by molar-refractivity contribution is 0.386. The molecule has 1 aromatic heterocycles. The third-order valence-corrected chi connectivity index (χ3v) is 2.66. The first-order valence-corrected chi connectivity index (χ1v) is 6.11. The minimum Gasteiger partial charge on any atom is -0.494 e. The average molecular weight is 277 g/mol. The predicted octanol–water partition coefficient (Wildman–Crippen LogP) is 2.22. The Hall–Kier alpha value is -2.41. The normalized spacial score (nSPS) is 10.2. The number of ether oxygens (including phenoxy) is 1. The Morgan fingerprint density at radius 3 is 2.60 bits per heavy atom. The van der Waals surface area contributed by atoms with Gasteiger partial charge in [-0.25, -0.2) is 20.2 Å². The van der Waals surface area contributed by atoms with Crippen LogP contribution in [0.3, 0.4) is 0 Å². The lowest BCUT2D eigenvalue weighted by Gasteiger charge is -2.10. The van der Waals surface area contributed by atoms with Crippen LogP contribution >= 0.6 is 0 Å². The zero-order valence-corrected chi connectivity index (χ0v) is 11.3. The smallest absolute Gasteiger partial charge is 0.167 e. The van der Waals surface area contributed by atoms with Gasteiger partial charge in [-0.15, -0.1) is 0 Å². The monoisotopic (exact) mass is 277 g/mol. The number of aromatic nitrogens is 2. The summed E-state index contributed by atoms with van der Waals surface area (Å²) in [5.74, 6) is 6.77. The highest BCUT2D eigenvalue weighted by Gasteiger charge is 2.06. The number of nitrogen functional groups attached to an aromatic ring is 1. The fraction of sp³-hybridized carbons (Fsp3) is 0.231. The van der Waals surface area contributed by atoms with Crippen LogP contribution in [0.2, 0.25) is 0 Å². The zero-order chi connectivity index (χ0) is 14.5. The molecule has 106 valence electrons. The van der Waals surface area contributed by atoms with Gasteiger partial charge in [0.25, 0.3) is 0 Å². The molecule has 4 N–H and O–H groups in total. The van der Waals surface area contributed by atoms with E-state index < -0.39 is 5.82 Å². The van der Waals surface area contributed by atoms with E-state index in [0.717, 1.165) is 0 Å². The molecule has 20 heavy (non-hydrogen) atoms. The number of hydrazine groups is 1. The number of methoxy groups -OCH3 is 1. The van der Waals surface area contributed by atoms with Crippen LogP contribution in [-0.4, -0.2) is 17.1 Å². The molecule has 0 saturated heterocycles. The van der Waals surface area contributed by atoms with Gasteiger partial charge in [0.1, 0.15) is 17.5 Å². The van der Waals surface area contributed by atoms with Gasteiger partial charge < -0.3 is 15.5 Å². The molecule has 0 spiro atoms. The van der Waals surface area contributed by atoms with E-state index in [2.05, 4.69) is 20.7 Å². The summed E-state index contributed by atoms with van der Waals surface area (Å²) in [6, 6.07) is 6.22. The van der Waals surface area contributed by atoms with E-state index in [9.17, 15) is 4.39 Å². The van der Waals surface area contributed by atoms with E-state index in [0.29, 0.717) is 29.6 Å². The summed E-state index contributed by atoms with van der Waals surface area (Å²) in [7, 11) is 1.42. The number of hydrogen-bond donors (Lipinski definition) is 3. The number of benzene rings is 1. The Bertz CT molecular complexity index is 583. The molecule has 0 aliphatic rings. The molecule has 0 amide bonds. The van der Waals surface area contributed by atoms with E-state index in [1.165, 1.54) is 13.2 Å². The van der Waals surface area contributed by atoms with Crippen LogP contribution in [0.15, 0.2) is 24.3 Å². The van der Waals surface area contributed by atoms with Gasteiger partial charge in [0, 0.05) is 24.2 Å². The van der Waals surface area contributed by atoms with Gasteiger partial charge >= 0.3 is 0 Å². The SMILES string of the molecule is CCc1nc(NN)cc(Nc2ccc(OC)c(F)c2)n1. The summed E-state index contributed by atoms with van der Waals surface area (Å²) in [5, 5.41) is 3.00. The quantitative estimate of drug-likeness (QED) is 0.574. The maximum Gasteiger partial charge on any atom is 0.167 e. The van der Waals surface area contributed by atoms with Gasteiger partial charge in [0.2, 0.25) is 0 Å². The average Bonchev–Trinajstić information content (AvgIpc) is 2.47. The largest absolute Gasteiger partial charge is 0.494 e. The number of nitrogens with one attached hydrogen (secondary N) is 2. The number of nitrogens with two attached hydrogens (primary N) is 1. The number of rotatable bonds is 5. The first kappa shape index (κ1) is 14.0. The molecular weight excluding hydrogens is 261 g/mol. The third-order valence-electron chi connectivity index (χ3n) is 2.66. The molecule has 7 heteroatoms. The number of nitrogens with zero attached hydrogens (tertiary/aromatic N) is 2. The standard InChI is InChI=1S/C13H16FN5O/c1-3-11-17-12(7-13(18-11)19-15)16-8-4-5-10(20-2)9(14)6-8/h4-7H,3,15H2,1-2H3,(H2,16,17,18,19). The second-order valence-corrected chi connectivity index (χ2v) is 4.03. The van der Waals surface area contributed by atoms with E-state index in [1.54, 1.807) is 18.2 Å². The topological polar surface area (TPSA) is 85.1 Å². The fourth-order valence-electron chi connectivity index (χ4n) is 1.69. The van der Waals surface area contributed by atoms with Crippen molar-refractivity contribution in [2.45, 2.75) is 13.3 Å². The Morgan fingerprint density at radius 2 is 2.00 bits per heavy atom. The molecule has 0 bridgehead atoms. The Kier molecular flexibility index (Phi) is 4.31. The van der Waals surface area contributed by atoms with Crippen LogP contribution in [0, 0.1) is 5.82 Å². The molecular formula is C13H16FN5O. The maximum atomic E-state index is 13.6. The van der Waals surface area contributed by atoms with Crippen molar-refractivity contribution in [3.05, 3.63) is 35.9 Å². The summed E-state index contributed by atoms with van der Waals surface area (Å²) in [5.41, 5.74) is 3.03. The van der Waals surface area contributed by atoms with Gasteiger partial charge in [0.15, 0.2) is 11.6 Å². The summed E-state index contributed by atoms with van der Waals surface area (Å²) < 4.78 is 18.5. The van der Waals surface area contributed by atoms with Crippen LogP contribution in [-0.2, 0) is 6.42 Å².